The van der Waals surface area contributed by atoms with E-state index in [1.165, 1.54) is 0 Å². The minimum absolute atomic E-state index is 0.128. The Morgan fingerprint density at radius 2 is 1.53 bits per heavy atom. The summed E-state index contributed by atoms with van der Waals surface area (Å²) in [5.74, 6) is -0.128. The van der Waals surface area contributed by atoms with Gasteiger partial charge in [-0.15, -0.1) is 0 Å². The number of amides is 3. The summed E-state index contributed by atoms with van der Waals surface area (Å²) < 4.78 is 0. The lowest BCUT2D eigenvalue weighted by Gasteiger charge is -2.37. The predicted octanol–water partition coefficient (Wildman–Crippen LogP) is 3.95. The number of urea groups is 1. The first kappa shape index (κ1) is 21.6. The maximum Gasteiger partial charge on any atom is 0.320 e. The molecule has 0 spiro atoms. The smallest absolute Gasteiger partial charge is 0.320 e. The molecule has 0 aliphatic carbocycles. The van der Waals surface area contributed by atoms with Gasteiger partial charge in [-0.25, -0.2) is 4.79 Å². The van der Waals surface area contributed by atoms with Crippen LogP contribution in [0.25, 0.3) is 0 Å². The van der Waals surface area contributed by atoms with Gasteiger partial charge in [0.15, 0.2) is 0 Å². The van der Waals surface area contributed by atoms with Crippen LogP contribution in [0, 0.1) is 0 Å². The van der Waals surface area contributed by atoms with E-state index in [0.717, 1.165) is 11.3 Å². The minimum atomic E-state index is -0.782. The number of pyridine rings is 1. The van der Waals surface area contributed by atoms with Gasteiger partial charge in [-0.05, 0) is 42.0 Å². The van der Waals surface area contributed by atoms with Crippen molar-refractivity contribution in [2.45, 2.75) is 6.04 Å². The van der Waals surface area contributed by atoms with E-state index < -0.39 is 12.1 Å². The molecule has 2 aromatic carbocycles. The molecule has 2 heterocycles. The standard InChI is InChI=1S/C24H24ClN5O2/c25-19-6-8-20(9-7-19)27-24(32)28-22(18-4-2-1-3-5-18)23(31)30-16-14-29(15-17-30)21-10-12-26-13-11-21/h1-13,22H,14-17H2,(H2,27,28,32). The second-order valence-electron chi connectivity index (χ2n) is 7.47. The number of nitrogens with zero attached hydrogens (tertiary/aromatic N) is 3. The van der Waals surface area contributed by atoms with Crippen LogP contribution in [0.1, 0.15) is 11.6 Å². The third-order valence-corrected chi connectivity index (χ3v) is 5.63. The van der Waals surface area contributed by atoms with Crippen LogP contribution < -0.4 is 15.5 Å². The van der Waals surface area contributed by atoms with E-state index in [-0.39, 0.29) is 5.91 Å². The van der Waals surface area contributed by atoms with Crippen LogP contribution in [0.5, 0.6) is 0 Å². The summed E-state index contributed by atoms with van der Waals surface area (Å²) in [5, 5.41) is 6.19. The highest BCUT2D eigenvalue weighted by Crippen LogP contribution is 2.20. The van der Waals surface area contributed by atoms with Crippen LogP contribution in [-0.4, -0.2) is 48.0 Å². The number of halogens is 1. The van der Waals surface area contributed by atoms with Gasteiger partial charge in [-0.2, -0.15) is 0 Å². The Hall–Kier alpha value is -3.58. The van der Waals surface area contributed by atoms with Crippen molar-refractivity contribution in [1.82, 2.24) is 15.2 Å². The van der Waals surface area contributed by atoms with Crippen molar-refractivity contribution < 1.29 is 9.59 Å². The molecule has 1 aliphatic rings. The average Bonchev–Trinajstić information content (AvgIpc) is 2.85. The molecule has 1 saturated heterocycles. The first-order valence-electron chi connectivity index (χ1n) is 10.4. The van der Waals surface area contributed by atoms with E-state index in [4.69, 9.17) is 11.6 Å². The van der Waals surface area contributed by atoms with Crippen LogP contribution in [0.3, 0.4) is 0 Å². The minimum Gasteiger partial charge on any atom is -0.368 e. The lowest BCUT2D eigenvalue weighted by Crippen LogP contribution is -2.52. The predicted molar refractivity (Wildman–Crippen MR) is 126 cm³/mol. The number of hydrogen-bond acceptors (Lipinski definition) is 4. The second-order valence-corrected chi connectivity index (χ2v) is 7.90. The van der Waals surface area contributed by atoms with Crippen molar-refractivity contribution in [2.24, 2.45) is 0 Å². The molecule has 2 N–H and O–H groups in total. The van der Waals surface area contributed by atoms with Crippen LogP contribution in [0.15, 0.2) is 79.1 Å². The number of hydrogen-bond donors (Lipinski definition) is 2. The molecule has 32 heavy (non-hydrogen) atoms. The first-order valence-corrected chi connectivity index (χ1v) is 10.8. The number of aromatic nitrogens is 1. The molecule has 7 nitrogen and oxygen atoms in total. The molecule has 1 unspecified atom stereocenters. The van der Waals surface area contributed by atoms with Gasteiger partial charge in [0.05, 0.1) is 0 Å². The van der Waals surface area contributed by atoms with Crippen LogP contribution >= 0.6 is 11.6 Å². The Morgan fingerprint density at radius 1 is 0.875 bits per heavy atom. The SMILES string of the molecule is O=C(Nc1ccc(Cl)cc1)NC(C(=O)N1CCN(c2ccncc2)CC1)c1ccccc1. The molecule has 8 heteroatoms. The molecule has 1 fully saturated rings. The Kier molecular flexibility index (Phi) is 6.87. The number of nitrogens with one attached hydrogen (secondary N) is 2. The van der Waals surface area contributed by atoms with E-state index in [1.54, 1.807) is 41.6 Å². The van der Waals surface area contributed by atoms with Gasteiger partial charge in [0.1, 0.15) is 6.04 Å². The summed E-state index contributed by atoms with van der Waals surface area (Å²) in [7, 11) is 0. The Bertz CT molecular complexity index is 1040. The van der Waals surface area contributed by atoms with Crippen molar-refractivity contribution in [2.75, 3.05) is 36.4 Å². The number of anilines is 2. The van der Waals surface area contributed by atoms with Crippen molar-refractivity contribution in [1.29, 1.82) is 0 Å². The summed E-state index contributed by atoms with van der Waals surface area (Å²) in [6.45, 7) is 2.58. The zero-order chi connectivity index (χ0) is 22.3. The van der Waals surface area contributed by atoms with Crippen LogP contribution in [-0.2, 0) is 4.79 Å². The monoisotopic (exact) mass is 449 g/mol. The molecular weight excluding hydrogens is 426 g/mol. The Balaban J connectivity index is 1.44. The van der Waals surface area contributed by atoms with Gasteiger partial charge in [0.25, 0.3) is 0 Å². The fourth-order valence-electron chi connectivity index (χ4n) is 3.69. The van der Waals surface area contributed by atoms with Crippen molar-refractivity contribution in [3.63, 3.8) is 0 Å². The number of piperazine rings is 1. The van der Waals surface area contributed by atoms with Crippen LogP contribution in [0.2, 0.25) is 5.02 Å². The van der Waals surface area contributed by atoms with Gasteiger partial charge in [0.2, 0.25) is 5.91 Å². The Morgan fingerprint density at radius 3 is 2.19 bits per heavy atom. The summed E-state index contributed by atoms with van der Waals surface area (Å²) in [6.07, 6.45) is 3.53. The largest absolute Gasteiger partial charge is 0.368 e. The van der Waals surface area contributed by atoms with Crippen molar-refractivity contribution in [3.05, 3.63) is 89.7 Å². The van der Waals surface area contributed by atoms with Gasteiger partial charge in [-0.3, -0.25) is 9.78 Å². The van der Waals surface area contributed by atoms with E-state index in [9.17, 15) is 9.59 Å². The van der Waals surface area contributed by atoms with Crippen molar-refractivity contribution in [3.8, 4) is 0 Å². The summed E-state index contributed by atoms with van der Waals surface area (Å²) in [6, 6.07) is 18.8. The molecule has 1 aromatic heterocycles. The maximum atomic E-state index is 13.4. The molecule has 3 amide bonds. The molecule has 4 rings (SSSR count). The maximum absolute atomic E-state index is 13.4. The second kappa shape index (κ2) is 10.2. The quantitative estimate of drug-likeness (QED) is 0.618. The van der Waals surface area contributed by atoms with Gasteiger partial charge in [0, 0.05) is 55.0 Å². The molecule has 1 atom stereocenters. The normalized spacial score (nSPS) is 14.5. The third kappa shape index (κ3) is 5.36. The number of rotatable bonds is 5. The van der Waals surface area contributed by atoms with E-state index in [1.807, 2.05) is 42.5 Å². The summed E-state index contributed by atoms with van der Waals surface area (Å²) in [5.41, 5.74) is 2.42. The third-order valence-electron chi connectivity index (χ3n) is 5.38. The van der Waals surface area contributed by atoms with E-state index in [0.29, 0.717) is 36.9 Å². The van der Waals surface area contributed by atoms with Crippen LogP contribution in [0.4, 0.5) is 16.2 Å². The molecular formula is C24H24ClN5O2. The molecule has 0 saturated carbocycles. The number of carbonyl (C=O) groups is 2. The summed E-state index contributed by atoms with van der Waals surface area (Å²) in [4.78, 5) is 34.2. The average molecular weight is 450 g/mol. The Labute approximate surface area is 192 Å². The zero-order valence-corrected chi connectivity index (χ0v) is 18.2. The highest BCUT2D eigenvalue weighted by molar-refractivity contribution is 6.30. The molecule has 0 bridgehead atoms. The number of benzene rings is 2. The highest BCUT2D eigenvalue weighted by atomic mass is 35.5. The zero-order valence-electron chi connectivity index (χ0n) is 17.4. The molecule has 1 aliphatic heterocycles. The molecule has 3 aromatic rings. The highest BCUT2D eigenvalue weighted by Gasteiger charge is 2.30. The summed E-state index contributed by atoms with van der Waals surface area (Å²) >= 11 is 5.90. The van der Waals surface area contributed by atoms with Gasteiger partial charge in [-0.1, -0.05) is 41.9 Å². The lowest BCUT2D eigenvalue weighted by atomic mass is 10.1. The number of carbonyl (C=O) groups excluding carboxylic acids is 2. The van der Waals surface area contributed by atoms with Gasteiger partial charge >= 0.3 is 6.03 Å². The fraction of sp³-hybridized carbons (Fsp3) is 0.208. The lowest BCUT2D eigenvalue weighted by molar-refractivity contribution is -0.133. The first-order chi connectivity index (χ1) is 15.6. The van der Waals surface area contributed by atoms with Crippen molar-refractivity contribution >= 4 is 34.9 Å². The van der Waals surface area contributed by atoms with E-state index in [2.05, 4.69) is 20.5 Å². The fourth-order valence-corrected chi connectivity index (χ4v) is 3.81. The molecule has 164 valence electrons. The molecule has 0 radical (unpaired) electrons. The van der Waals surface area contributed by atoms with Gasteiger partial charge < -0.3 is 20.4 Å². The topological polar surface area (TPSA) is 77.6 Å². The van der Waals surface area contributed by atoms with E-state index >= 15 is 0 Å².